The number of nitrogens with zero attached hydrogens (tertiary/aromatic N) is 2. The highest BCUT2D eigenvalue weighted by Crippen LogP contribution is 2.21. The summed E-state index contributed by atoms with van der Waals surface area (Å²) >= 11 is 0. The van der Waals surface area contributed by atoms with Crippen molar-refractivity contribution in [2.75, 3.05) is 31.6 Å². The average Bonchev–Trinajstić information content (AvgIpc) is 3.33. The summed E-state index contributed by atoms with van der Waals surface area (Å²) in [7, 11) is 0. The van der Waals surface area contributed by atoms with Crippen molar-refractivity contribution in [3.63, 3.8) is 0 Å². The molecule has 0 saturated carbocycles. The summed E-state index contributed by atoms with van der Waals surface area (Å²) in [6.07, 6.45) is 6.73. The lowest BCUT2D eigenvalue weighted by Crippen LogP contribution is -2.31. The standard InChI is InChI=1S/C24H28N4O2/c29-24(26-21-7-4-6-20(18-21)23-12-13-25-27-23)19-8-10-22(11-9-19)30-17-5-16-28-14-2-1-3-15-28/h4,6-13,18H,1-3,5,14-17H2,(H,25,27)(H,26,29). The molecule has 1 aromatic heterocycles. The van der Waals surface area contributed by atoms with Crippen LogP contribution >= 0.6 is 0 Å². The maximum absolute atomic E-state index is 12.6. The predicted molar refractivity (Wildman–Crippen MR) is 119 cm³/mol. The van der Waals surface area contributed by atoms with E-state index < -0.39 is 0 Å². The first-order valence-electron chi connectivity index (χ1n) is 10.6. The average molecular weight is 405 g/mol. The molecule has 6 nitrogen and oxygen atoms in total. The van der Waals surface area contributed by atoms with E-state index in [1.54, 1.807) is 18.3 Å². The number of nitrogens with one attached hydrogen (secondary N) is 2. The van der Waals surface area contributed by atoms with Crippen LogP contribution in [0.4, 0.5) is 5.69 Å². The molecule has 6 heteroatoms. The maximum atomic E-state index is 12.6. The summed E-state index contributed by atoms with van der Waals surface area (Å²) in [4.78, 5) is 15.1. The first kappa shape index (κ1) is 20.2. The molecular weight excluding hydrogens is 376 g/mol. The molecule has 0 bridgehead atoms. The van der Waals surface area contributed by atoms with E-state index in [2.05, 4.69) is 20.4 Å². The van der Waals surface area contributed by atoms with Gasteiger partial charge in [0.25, 0.3) is 5.91 Å². The van der Waals surface area contributed by atoms with Gasteiger partial charge in [-0.15, -0.1) is 0 Å². The Labute approximate surface area is 177 Å². The molecule has 3 aromatic rings. The highest BCUT2D eigenvalue weighted by Gasteiger charge is 2.10. The fourth-order valence-electron chi connectivity index (χ4n) is 3.75. The summed E-state index contributed by atoms with van der Waals surface area (Å²) in [5.74, 6) is 0.653. The molecule has 1 aliphatic rings. The number of amides is 1. The van der Waals surface area contributed by atoms with Crippen LogP contribution < -0.4 is 10.1 Å². The molecule has 156 valence electrons. The van der Waals surface area contributed by atoms with E-state index in [-0.39, 0.29) is 5.91 Å². The number of rotatable bonds is 8. The lowest BCUT2D eigenvalue weighted by molar-refractivity contribution is 0.102. The molecule has 1 amide bonds. The Balaban J connectivity index is 1.26. The van der Waals surface area contributed by atoms with E-state index in [1.807, 2.05) is 42.5 Å². The second-order valence-corrected chi connectivity index (χ2v) is 7.63. The van der Waals surface area contributed by atoms with Gasteiger partial charge in [-0.05, 0) is 74.8 Å². The van der Waals surface area contributed by atoms with E-state index in [1.165, 1.54) is 32.4 Å². The Morgan fingerprint density at radius 2 is 1.90 bits per heavy atom. The molecule has 4 rings (SSSR count). The van der Waals surface area contributed by atoms with Crippen molar-refractivity contribution in [1.82, 2.24) is 15.1 Å². The number of anilines is 1. The third kappa shape index (κ3) is 5.48. The van der Waals surface area contributed by atoms with Crippen molar-refractivity contribution in [2.45, 2.75) is 25.7 Å². The van der Waals surface area contributed by atoms with Gasteiger partial charge in [-0.3, -0.25) is 9.89 Å². The number of likely N-dealkylation sites (tertiary alicyclic amines) is 1. The highest BCUT2D eigenvalue weighted by atomic mass is 16.5. The number of H-pyrrole nitrogens is 1. The number of benzene rings is 2. The molecule has 0 radical (unpaired) electrons. The minimum atomic E-state index is -0.145. The number of ether oxygens (including phenoxy) is 1. The molecule has 2 aromatic carbocycles. The van der Waals surface area contributed by atoms with Crippen molar-refractivity contribution in [1.29, 1.82) is 0 Å². The monoisotopic (exact) mass is 404 g/mol. The van der Waals surface area contributed by atoms with Crippen LogP contribution in [0, 0.1) is 0 Å². The number of piperidine rings is 1. The summed E-state index contributed by atoms with van der Waals surface area (Å²) in [5.41, 5.74) is 3.22. The molecule has 2 heterocycles. The zero-order valence-electron chi connectivity index (χ0n) is 17.1. The van der Waals surface area contributed by atoms with Crippen molar-refractivity contribution in [3.05, 3.63) is 66.4 Å². The Hall–Kier alpha value is -3.12. The second kappa shape index (κ2) is 10.1. The predicted octanol–water partition coefficient (Wildman–Crippen LogP) is 4.58. The van der Waals surface area contributed by atoms with Crippen molar-refractivity contribution < 1.29 is 9.53 Å². The van der Waals surface area contributed by atoms with Gasteiger partial charge in [0, 0.05) is 29.6 Å². The Bertz CT molecular complexity index is 932. The lowest BCUT2D eigenvalue weighted by Gasteiger charge is -2.26. The Morgan fingerprint density at radius 3 is 2.67 bits per heavy atom. The summed E-state index contributed by atoms with van der Waals surface area (Å²) < 4.78 is 5.84. The minimum absolute atomic E-state index is 0.145. The topological polar surface area (TPSA) is 70.2 Å². The van der Waals surface area contributed by atoms with E-state index in [0.717, 1.165) is 35.7 Å². The van der Waals surface area contributed by atoms with Gasteiger partial charge in [0.2, 0.25) is 0 Å². The third-order valence-electron chi connectivity index (χ3n) is 5.38. The number of carbonyl (C=O) groups is 1. The van der Waals surface area contributed by atoms with Gasteiger partial charge >= 0.3 is 0 Å². The van der Waals surface area contributed by atoms with Crippen LogP contribution in [0.25, 0.3) is 11.3 Å². The normalized spacial score (nSPS) is 14.4. The first-order chi connectivity index (χ1) is 14.8. The van der Waals surface area contributed by atoms with Crippen molar-refractivity contribution >= 4 is 11.6 Å². The minimum Gasteiger partial charge on any atom is -0.494 e. The van der Waals surface area contributed by atoms with Gasteiger partial charge in [-0.2, -0.15) is 5.10 Å². The molecule has 1 fully saturated rings. The van der Waals surface area contributed by atoms with Crippen LogP contribution in [-0.4, -0.2) is 47.2 Å². The second-order valence-electron chi connectivity index (χ2n) is 7.63. The summed E-state index contributed by atoms with van der Waals surface area (Å²) in [6, 6.07) is 16.9. The fourth-order valence-corrected chi connectivity index (χ4v) is 3.75. The molecule has 2 N–H and O–H groups in total. The van der Waals surface area contributed by atoms with E-state index in [0.29, 0.717) is 12.2 Å². The molecule has 1 aliphatic heterocycles. The Morgan fingerprint density at radius 1 is 1.07 bits per heavy atom. The number of aromatic nitrogens is 2. The first-order valence-corrected chi connectivity index (χ1v) is 10.6. The van der Waals surface area contributed by atoms with Crippen LogP contribution in [-0.2, 0) is 0 Å². The van der Waals surface area contributed by atoms with Crippen molar-refractivity contribution in [2.24, 2.45) is 0 Å². The lowest BCUT2D eigenvalue weighted by atomic mass is 10.1. The number of hydrogen-bond acceptors (Lipinski definition) is 4. The molecule has 0 spiro atoms. The zero-order valence-corrected chi connectivity index (χ0v) is 17.1. The van der Waals surface area contributed by atoms with Crippen molar-refractivity contribution in [3.8, 4) is 17.0 Å². The zero-order chi connectivity index (χ0) is 20.6. The number of carbonyl (C=O) groups excluding carboxylic acids is 1. The van der Waals surface area contributed by atoms with E-state index in [9.17, 15) is 4.79 Å². The quantitative estimate of drug-likeness (QED) is 0.539. The molecular formula is C24H28N4O2. The molecule has 30 heavy (non-hydrogen) atoms. The maximum Gasteiger partial charge on any atom is 0.255 e. The highest BCUT2D eigenvalue weighted by molar-refractivity contribution is 6.04. The van der Waals surface area contributed by atoms with Crippen LogP contribution in [0.5, 0.6) is 5.75 Å². The molecule has 0 unspecified atom stereocenters. The van der Waals surface area contributed by atoms with Gasteiger partial charge in [0.1, 0.15) is 5.75 Å². The summed E-state index contributed by atoms with van der Waals surface area (Å²) in [5, 5.41) is 9.85. The summed E-state index contributed by atoms with van der Waals surface area (Å²) in [6.45, 7) is 4.23. The van der Waals surface area contributed by atoms with Gasteiger partial charge in [-0.25, -0.2) is 0 Å². The fraction of sp³-hybridized carbons (Fsp3) is 0.333. The molecule has 1 saturated heterocycles. The van der Waals surface area contributed by atoms with Gasteiger partial charge < -0.3 is 15.0 Å². The van der Waals surface area contributed by atoms with Crippen LogP contribution in [0.2, 0.25) is 0 Å². The van der Waals surface area contributed by atoms with E-state index >= 15 is 0 Å². The largest absolute Gasteiger partial charge is 0.494 e. The number of aromatic amines is 1. The number of hydrogen-bond donors (Lipinski definition) is 2. The van der Waals surface area contributed by atoms with Gasteiger partial charge in [-0.1, -0.05) is 18.6 Å². The van der Waals surface area contributed by atoms with Crippen LogP contribution in [0.3, 0.4) is 0 Å². The SMILES string of the molecule is O=C(Nc1cccc(-c2ccn[nH]2)c1)c1ccc(OCCCN2CCCCC2)cc1. The Kier molecular flexibility index (Phi) is 6.77. The molecule has 0 aliphatic carbocycles. The smallest absolute Gasteiger partial charge is 0.255 e. The van der Waals surface area contributed by atoms with E-state index in [4.69, 9.17) is 4.74 Å². The van der Waals surface area contributed by atoms with Gasteiger partial charge in [0.05, 0.1) is 12.3 Å². The third-order valence-corrected chi connectivity index (χ3v) is 5.38. The molecule has 0 atom stereocenters. The van der Waals surface area contributed by atoms with Crippen LogP contribution in [0.1, 0.15) is 36.0 Å². The van der Waals surface area contributed by atoms with Gasteiger partial charge in [0.15, 0.2) is 0 Å². The van der Waals surface area contributed by atoms with Crippen LogP contribution in [0.15, 0.2) is 60.8 Å².